The van der Waals surface area contributed by atoms with E-state index in [0.29, 0.717) is 13.2 Å². The van der Waals surface area contributed by atoms with Crippen molar-refractivity contribution in [3.05, 3.63) is 227 Å². The number of aliphatic carboxylic acids is 2. The van der Waals surface area contributed by atoms with Gasteiger partial charge in [-0.1, -0.05) is 158 Å². The second kappa shape index (κ2) is 22.1. The van der Waals surface area contributed by atoms with Crippen LogP contribution in [0.2, 0.25) is 0 Å². The highest BCUT2D eigenvalue weighted by Gasteiger charge is 2.01. The topological polar surface area (TPSA) is 93.1 Å². The van der Waals surface area contributed by atoms with Crippen LogP contribution in [0.1, 0.15) is 44.5 Å². The predicted molar refractivity (Wildman–Crippen MR) is 226 cm³/mol. The van der Waals surface area contributed by atoms with Gasteiger partial charge in [0.25, 0.3) is 0 Å². The first-order valence-corrected chi connectivity index (χ1v) is 18.3. The van der Waals surface area contributed by atoms with Crippen molar-refractivity contribution in [1.29, 1.82) is 0 Å². The molecule has 0 amide bonds. The number of hydrogen-bond donors (Lipinski definition) is 2. The lowest BCUT2D eigenvalue weighted by atomic mass is 10.0. The summed E-state index contributed by atoms with van der Waals surface area (Å²) in [4.78, 5) is 21.5. The number of rotatable bonds is 16. The third-order valence-electron chi connectivity index (χ3n) is 8.41. The highest BCUT2D eigenvalue weighted by atomic mass is 16.5. The van der Waals surface area contributed by atoms with Gasteiger partial charge in [0.1, 0.15) is 24.7 Å². The lowest BCUT2D eigenvalue weighted by Crippen LogP contribution is -1.95. The summed E-state index contributed by atoms with van der Waals surface area (Å²) in [7, 11) is 0. The summed E-state index contributed by atoms with van der Waals surface area (Å²) in [5.41, 5.74) is 8.33. The minimum atomic E-state index is -0.953. The monoisotopic (exact) mass is 740 g/mol. The van der Waals surface area contributed by atoms with Crippen LogP contribution in [0.3, 0.4) is 0 Å². The van der Waals surface area contributed by atoms with Crippen molar-refractivity contribution in [1.82, 2.24) is 0 Å². The first kappa shape index (κ1) is 40.0. The Morgan fingerprint density at radius 3 is 1.55 bits per heavy atom. The van der Waals surface area contributed by atoms with Gasteiger partial charge in [-0.2, -0.15) is 0 Å². The Kier molecular flexibility index (Phi) is 15.8. The molecule has 6 rings (SSSR count). The van der Waals surface area contributed by atoms with Crippen molar-refractivity contribution in [3.63, 3.8) is 0 Å². The van der Waals surface area contributed by atoms with Crippen LogP contribution in [0.15, 0.2) is 182 Å². The summed E-state index contributed by atoms with van der Waals surface area (Å²) >= 11 is 0. The molecule has 0 aromatic heterocycles. The molecular weight excluding hydrogens is 697 g/mol. The Hall–Kier alpha value is -7.18. The molecule has 0 saturated heterocycles. The van der Waals surface area contributed by atoms with Gasteiger partial charge in [0, 0.05) is 12.2 Å². The lowest BCUT2D eigenvalue weighted by Gasteiger charge is -2.07. The summed E-state index contributed by atoms with van der Waals surface area (Å²) in [6.45, 7) is 1.08. The Bertz CT molecular complexity index is 2270. The van der Waals surface area contributed by atoms with Crippen molar-refractivity contribution in [2.75, 3.05) is 0 Å². The van der Waals surface area contributed by atoms with Gasteiger partial charge < -0.3 is 19.7 Å². The molecule has 0 bridgehead atoms. The molecule has 56 heavy (non-hydrogen) atoms. The van der Waals surface area contributed by atoms with Gasteiger partial charge in [0.15, 0.2) is 0 Å². The van der Waals surface area contributed by atoms with E-state index >= 15 is 0 Å². The maximum atomic E-state index is 10.7. The summed E-state index contributed by atoms with van der Waals surface area (Å²) < 4.78 is 11.8. The highest BCUT2D eigenvalue weighted by molar-refractivity contribution is 5.86. The lowest BCUT2D eigenvalue weighted by molar-refractivity contribution is -0.132. The molecule has 6 nitrogen and oxygen atoms in total. The number of carboxylic acids is 2. The summed E-state index contributed by atoms with van der Waals surface area (Å²) in [6, 6.07) is 51.7. The SMILES string of the molecule is O=C(O)/C=C/c1ccccc1/C=C/Cc1cccc(OCc2ccccc2)c1.O=C(O)/C=C/c1ccccc1C/C=C\c1cccc(OCc2ccccc2)c1. The fourth-order valence-electron chi connectivity index (χ4n) is 5.62. The summed E-state index contributed by atoms with van der Waals surface area (Å²) in [5.74, 6) is -0.223. The molecule has 0 spiro atoms. The molecular formula is C50H44O6. The van der Waals surface area contributed by atoms with E-state index in [1.54, 1.807) is 12.2 Å². The molecule has 0 aliphatic rings. The molecule has 0 radical (unpaired) electrons. The molecule has 6 heteroatoms. The van der Waals surface area contributed by atoms with E-state index in [1.807, 2.05) is 164 Å². The van der Waals surface area contributed by atoms with Crippen molar-refractivity contribution < 1.29 is 29.3 Å². The minimum absolute atomic E-state index is 0.539. The first-order chi connectivity index (χ1) is 27.4. The highest BCUT2D eigenvalue weighted by Crippen LogP contribution is 2.19. The van der Waals surface area contributed by atoms with Crippen LogP contribution in [-0.2, 0) is 35.6 Å². The molecule has 280 valence electrons. The quantitative estimate of drug-likeness (QED) is 0.0960. The zero-order chi connectivity index (χ0) is 39.2. The van der Waals surface area contributed by atoms with Crippen LogP contribution in [-0.4, -0.2) is 22.2 Å². The molecule has 0 unspecified atom stereocenters. The molecule has 0 aliphatic carbocycles. The molecule has 0 fully saturated rings. The van der Waals surface area contributed by atoms with Crippen LogP contribution in [0, 0.1) is 0 Å². The Balaban J connectivity index is 0.000000214. The van der Waals surface area contributed by atoms with E-state index in [1.165, 1.54) is 0 Å². The van der Waals surface area contributed by atoms with Gasteiger partial charge in [-0.3, -0.25) is 0 Å². The largest absolute Gasteiger partial charge is 0.489 e. The molecule has 0 heterocycles. The fraction of sp³-hybridized carbons (Fsp3) is 0.0800. The fourth-order valence-corrected chi connectivity index (χ4v) is 5.62. The van der Waals surface area contributed by atoms with Gasteiger partial charge in [0.2, 0.25) is 0 Å². The van der Waals surface area contributed by atoms with E-state index in [-0.39, 0.29) is 0 Å². The second-order valence-electron chi connectivity index (χ2n) is 12.7. The van der Waals surface area contributed by atoms with Crippen molar-refractivity contribution in [2.24, 2.45) is 0 Å². The average Bonchev–Trinajstić information content (AvgIpc) is 3.23. The van der Waals surface area contributed by atoms with Gasteiger partial charge in [-0.05, 0) is 93.8 Å². The molecule has 0 saturated carbocycles. The van der Waals surface area contributed by atoms with E-state index in [2.05, 4.69) is 18.2 Å². The second-order valence-corrected chi connectivity index (χ2v) is 12.7. The normalized spacial score (nSPS) is 11.1. The van der Waals surface area contributed by atoms with Gasteiger partial charge in [-0.25, -0.2) is 9.59 Å². The predicted octanol–water partition coefficient (Wildman–Crippen LogP) is 11.2. The molecule has 0 aliphatic heterocycles. The third kappa shape index (κ3) is 14.3. The Morgan fingerprint density at radius 2 is 0.929 bits per heavy atom. The van der Waals surface area contributed by atoms with Gasteiger partial charge in [0.05, 0.1) is 0 Å². The minimum Gasteiger partial charge on any atom is -0.489 e. The van der Waals surface area contributed by atoms with Crippen LogP contribution in [0.5, 0.6) is 11.5 Å². The maximum absolute atomic E-state index is 10.7. The van der Waals surface area contributed by atoms with Crippen LogP contribution in [0.25, 0.3) is 24.3 Å². The van der Waals surface area contributed by atoms with Crippen molar-refractivity contribution >= 4 is 36.2 Å². The standard InChI is InChI=1S/2C25H22O3/c2*26-25(27)17-16-23-13-5-4-12-22(23)14-6-10-20-11-7-15-24(18-20)28-19-21-8-2-1-3-9-21/h1-9,11-18H,10,19H2,(H,26,27);1-13,15-18H,14,19H2,(H,26,27)/b14-6+,17-16+;10-6-,17-16+. The number of allylic oxidation sites excluding steroid dienone is 2. The molecule has 6 aromatic carbocycles. The van der Waals surface area contributed by atoms with E-state index < -0.39 is 11.9 Å². The van der Waals surface area contributed by atoms with Crippen LogP contribution >= 0.6 is 0 Å². The molecule has 2 N–H and O–H groups in total. The number of hydrogen-bond acceptors (Lipinski definition) is 4. The molecule has 6 aromatic rings. The van der Waals surface area contributed by atoms with Crippen LogP contribution in [0.4, 0.5) is 0 Å². The number of ether oxygens (including phenoxy) is 2. The number of carbonyl (C=O) groups is 2. The number of carboxylic acid groups (broad SMARTS) is 2. The van der Waals surface area contributed by atoms with E-state index in [0.717, 1.165) is 81.0 Å². The van der Waals surface area contributed by atoms with Gasteiger partial charge >= 0.3 is 11.9 Å². The number of benzene rings is 6. The summed E-state index contributed by atoms with van der Waals surface area (Å²) in [5, 5.41) is 17.6. The van der Waals surface area contributed by atoms with E-state index in [4.69, 9.17) is 19.7 Å². The third-order valence-corrected chi connectivity index (χ3v) is 8.41. The van der Waals surface area contributed by atoms with E-state index in [9.17, 15) is 9.59 Å². The molecule has 0 atom stereocenters. The van der Waals surface area contributed by atoms with Crippen molar-refractivity contribution in [2.45, 2.75) is 26.1 Å². The zero-order valence-electron chi connectivity index (χ0n) is 31.0. The van der Waals surface area contributed by atoms with Gasteiger partial charge in [-0.15, -0.1) is 0 Å². The zero-order valence-corrected chi connectivity index (χ0v) is 31.0. The first-order valence-electron chi connectivity index (χ1n) is 18.3. The maximum Gasteiger partial charge on any atom is 0.328 e. The Morgan fingerprint density at radius 1 is 0.446 bits per heavy atom. The van der Waals surface area contributed by atoms with Crippen molar-refractivity contribution in [3.8, 4) is 11.5 Å². The Labute approximate surface area is 328 Å². The average molecular weight is 741 g/mol. The summed E-state index contributed by atoms with van der Waals surface area (Å²) in [6.07, 6.45) is 15.2. The smallest absolute Gasteiger partial charge is 0.328 e. The van der Waals surface area contributed by atoms with Crippen LogP contribution < -0.4 is 9.47 Å².